The molecule has 0 aliphatic carbocycles. The molecule has 10 heteroatoms. The molecule has 7 nitrogen and oxygen atoms in total. The molecule has 33 heavy (non-hydrogen) atoms. The van der Waals surface area contributed by atoms with Gasteiger partial charge in [-0.3, -0.25) is 0 Å². The number of hydrogen-bond donors (Lipinski definition) is 1. The molecule has 172 valence electrons. The number of halogens is 1. The number of aromatic nitrogens is 3. The number of rotatable bonds is 3. The zero-order valence-corrected chi connectivity index (χ0v) is 21.3. The quantitative estimate of drug-likeness (QED) is 0.523. The Hall–Kier alpha value is -2.35. The Kier molecular flexibility index (Phi) is 6.58. The van der Waals surface area contributed by atoms with Gasteiger partial charge in [0.25, 0.3) is 0 Å². The SMILES string of the molecule is CC(C)(C)OC(=O)N1CCC(O)(c2nc(-c3ccccc3F)c(-c3ccnc([As])n3)s2)CC1. The van der Waals surface area contributed by atoms with Crippen LogP contribution in [0.15, 0.2) is 36.5 Å². The van der Waals surface area contributed by atoms with Crippen LogP contribution < -0.4 is 4.61 Å². The minimum absolute atomic E-state index is 0.301. The molecule has 1 aliphatic rings. The number of carbonyl (C=O) groups is 1. The van der Waals surface area contributed by atoms with Crippen LogP contribution in [-0.4, -0.2) is 66.6 Å². The Balaban J connectivity index is 1.67. The van der Waals surface area contributed by atoms with Crippen LogP contribution in [0.2, 0.25) is 0 Å². The van der Waals surface area contributed by atoms with E-state index in [0.29, 0.717) is 57.4 Å². The van der Waals surface area contributed by atoms with Crippen molar-refractivity contribution < 1.29 is 19.0 Å². The number of thiazole rings is 1. The van der Waals surface area contributed by atoms with Crippen LogP contribution in [0.5, 0.6) is 0 Å². The normalized spacial score (nSPS) is 16.0. The number of piperidine rings is 1. The van der Waals surface area contributed by atoms with E-state index in [4.69, 9.17) is 9.72 Å². The number of hydrogen-bond acceptors (Lipinski definition) is 7. The Morgan fingerprint density at radius 2 is 1.91 bits per heavy atom. The molecule has 1 fully saturated rings. The van der Waals surface area contributed by atoms with E-state index in [1.54, 1.807) is 35.4 Å². The van der Waals surface area contributed by atoms with E-state index in [9.17, 15) is 14.3 Å². The summed E-state index contributed by atoms with van der Waals surface area (Å²) in [5.41, 5.74) is -0.438. The second-order valence-electron chi connectivity index (χ2n) is 8.92. The zero-order valence-electron chi connectivity index (χ0n) is 18.6. The molecule has 2 aromatic heterocycles. The molecule has 1 aliphatic heterocycles. The fraction of sp³-hybridized carbons (Fsp3) is 0.391. The first-order valence-corrected chi connectivity index (χ1v) is 12.3. The molecule has 1 saturated heterocycles. The van der Waals surface area contributed by atoms with Gasteiger partial charge in [-0.1, -0.05) is 0 Å². The molecule has 1 amide bonds. The van der Waals surface area contributed by atoms with Crippen LogP contribution in [-0.2, 0) is 10.3 Å². The third-order valence-electron chi connectivity index (χ3n) is 5.27. The van der Waals surface area contributed by atoms with Crippen molar-refractivity contribution in [2.24, 2.45) is 0 Å². The average molecular weight is 530 g/mol. The van der Waals surface area contributed by atoms with E-state index < -0.39 is 23.1 Å². The fourth-order valence-corrected chi connectivity index (χ4v) is 5.16. The summed E-state index contributed by atoms with van der Waals surface area (Å²) in [6, 6.07) is 8.16. The Bertz CT molecular complexity index is 1170. The Labute approximate surface area is 204 Å². The minimum atomic E-state index is -1.24. The summed E-state index contributed by atoms with van der Waals surface area (Å²) >= 11 is 3.57. The van der Waals surface area contributed by atoms with Gasteiger partial charge in [-0.15, -0.1) is 0 Å². The van der Waals surface area contributed by atoms with E-state index in [-0.39, 0.29) is 0 Å². The third-order valence-corrected chi connectivity index (χ3v) is 7.00. The van der Waals surface area contributed by atoms with Gasteiger partial charge < -0.3 is 0 Å². The summed E-state index contributed by atoms with van der Waals surface area (Å²) in [5.74, 6) is -0.399. The molecule has 1 N–H and O–H groups in total. The van der Waals surface area contributed by atoms with Gasteiger partial charge in [-0.2, -0.15) is 0 Å². The van der Waals surface area contributed by atoms with E-state index in [1.807, 2.05) is 20.8 Å². The van der Waals surface area contributed by atoms with Crippen molar-refractivity contribution >= 4 is 38.9 Å². The summed E-state index contributed by atoms with van der Waals surface area (Å²) in [5, 5.41) is 11.9. The standard InChI is InChI=1S/C23H24AsFN4O3S/c1-22(2,3)32-21(30)29-12-9-23(31,10-13-29)19-28-17(14-6-4-5-7-15(14)25)18(33-19)16-8-11-26-20(24)27-16/h4-8,11,31H,9-10,12-13H2,1-3H3. The molecule has 4 rings (SSSR count). The van der Waals surface area contributed by atoms with Gasteiger partial charge in [0.05, 0.1) is 0 Å². The zero-order chi connectivity index (χ0) is 23.8. The number of ether oxygens (including phenoxy) is 1. The third kappa shape index (κ3) is 5.26. The fourth-order valence-electron chi connectivity index (χ4n) is 3.60. The molecule has 1 aromatic carbocycles. The van der Waals surface area contributed by atoms with Crippen molar-refractivity contribution in [3.05, 3.63) is 47.4 Å². The number of aliphatic hydroxyl groups is 1. The number of carbonyl (C=O) groups excluding carboxylic acids is 1. The summed E-state index contributed by atoms with van der Waals surface area (Å²) in [6.07, 6.45) is 1.84. The van der Waals surface area contributed by atoms with Crippen LogP contribution in [0.25, 0.3) is 21.8 Å². The number of likely N-dealkylation sites (tertiary alicyclic amines) is 1. The first-order valence-electron chi connectivity index (χ1n) is 10.5. The van der Waals surface area contributed by atoms with Gasteiger partial charge in [-0.25, -0.2) is 0 Å². The van der Waals surface area contributed by atoms with Crippen LogP contribution in [0.3, 0.4) is 0 Å². The second-order valence-corrected chi connectivity index (χ2v) is 10.8. The van der Waals surface area contributed by atoms with Crippen molar-refractivity contribution in [2.45, 2.75) is 44.8 Å². The van der Waals surface area contributed by atoms with Crippen LogP contribution in [0.1, 0.15) is 38.6 Å². The maximum atomic E-state index is 14.7. The van der Waals surface area contributed by atoms with E-state index >= 15 is 0 Å². The van der Waals surface area contributed by atoms with Crippen molar-refractivity contribution in [2.75, 3.05) is 13.1 Å². The van der Waals surface area contributed by atoms with Gasteiger partial charge in [0.1, 0.15) is 5.60 Å². The monoisotopic (exact) mass is 530 g/mol. The second kappa shape index (κ2) is 9.12. The van der Waals surface area contributed by atoms with Gasteiger partial charge in [0.2, 0.25) is 0 Å². The summed E-state index contributed by atoms with van der Waals surface area (Å²) < 4.78 is 20.7. The molecular formula is C23H24AsFN4O3S. The molecule has 0 spiro atoms. The summed E-state index contributed by atoms with van der Waals surface area (Å²) in [6.45, 7) is 6.12. The predicted octanol–water partition coefficient (Wildman–Crippen LogP) is 3.42. The van der Waals surface area contributed by atoms with Crippen LogP contribution in [0, 0.1) is 5.82 Å². The molecule has 3 heterocycles. The van der Waals surface area contributed by atoms with Gasteiger partial charge in [0.15, 0.2) is 0 Å². The Morgan fingerprint density at radius 3 is 2.55 bits per heavy atom. The molecule has 0 saturated carbocycles. The van der Waals surface area contributed by atoms with Gasteiger partial charge >= 0.3 is 178 Å². The Morgan fingerprint density at radius 1 is 1.21 bits per heavy atom. The van der Waals surface area contributed by atoms with Crippen molar-refractivity contribution in [1.82, 2.24) is 19.9 Å². The van der Waals surface area contributed by atoms with Gasteiger partial charge in [-0.05, 0) is 20.8 Å². The maximum absolute atomic E-state index is 14.7. The number of nitrogens with zero attached hydrogens (tertiary/aromatic N) is 4. The summed E-state index contributed by atoms with van der Waals surface area (Å²) in [7, 11) is 0. The van der Waals surface area contributed by atoms with Crippen LogP contribution >= 0.6 is 11.3 Å². The first-order chi connectivity index (χ1) is 15.6. The van der Waals surface area contributed by atoms with E-state index in [2.05, 4.69) is 26.8 Å². The topological polar surface area (TPSA) is 88.4 Å². The molecular weight excluding hydrogens is 506 g/mol. The van der Waals surface area contributed by atoms with Gasteiger partial charge in [0, 0.05) is 0 Å². The average Bonchev–Trinajstić information content (AvgIpc) is 3.19. The number of benzene rings is 1. The first kappa shape index (κ1) is 23.8. The van der Waals surface area contributed by atoms with Crippen molar-refractivity contribution in [3.8, 4) is 21.8 Å². The summed E-state index contributed by atoms with van der Waals surface area (Å²) in [4.78, 5) is 28.0. The van der Waals surface area contributed by atoms with Crippen molar-refractivity contribution in [3.63, 3.8) is 0 Å². The number of amides is 1. The van der Waals surface area contributed by atoms with Crippen LogP contribution in [0.4, 0.5) is 9.18 Å². The molecule has 0 unspecified atom stereocenters. The molecule has 3 aromatic rings. The van der Waals surface area contributed by atoms with E-state index in [1.165, 1.54) is 17.4 Å². The predicted molar refractivity (Wildman–Crippen MR) is 125 cm³/mol. The van der Waals surface area contributed by atoms with E-state index in [0.717, 1.165) is 0 Å². The molecule has 2 radical (unpaired) electrons. The molecule has 0 atom stereocenters. The molecule has 0 bridgehead atoms. The van der Waals surface area contributed by atoms with Crippen molar-refractivity contribution in [1.29, 1.82) is 0 Å².